The lowest BCUT2D eigenvalue weighted by atomic mass is 10.1. The summed E-state index contributed by atoms with van der Waals surface area (Å²) in [6.07, 6.45) is 0. The number of nitrogens with zero attached hydrogens (tertiary/aromatic N) is 1. The van der Waals surface area contributed by atoms with E-state index >= 15 is 0 Å². The third kappa shape index (κ3) is 1.63. The molecule has 1 aromatic carbocycles. The third-order valence-electron chi connectivity index (χ3n) is 2.31. The molecule has 5 heteroatoms. The van der Waals surface area contributed by atoms with Gasteiger partial charge in [0.05, 0.1) is 11.0 Å². The van der Waals surface area contributed by atoms with Crippen molar-refractivity contribution in [1.29, 1.82) is 5.41 Å². The Morgan fingerprint density at radius 2 is 2.20 bits per heavy atom. The topological polar surface area (TPSA) is 90.6 Å². The van der Waals surface area contributed by atoms with E-state index in [0.717, 1.165) is 28.1 Å². The van der Waals surface area contributed by atoms with E-state index in [2.05, 4.69) is 15.3 Å². The number of aromatic amines is 1. The molecule has 0 unspecified atom stereocenters. The van der Waals surface area contributed by atoms with Gasteiger partial charge in [-0.15, -0.1) is 0 Å². The highest BCUT2D eigenvalue weighted by Crippen LogP contribution is 2.23. The SMILES string of the molecule is Cc1nc2ccc(NC(=N)N)c(C)c2[nH]1. The summed E-state index contributed by atoms with van der Waals surface area (Å²) in [7, 11) is 0. The number of aryl methyl sites for hydroxylation is 2. The number of rotatable bonds is 1. The van der Waals surface area contributed by atoms with Crippen LogP contribution >= 0.6 is 0 Å². The number of guanidine groups is 1. The first-order valence-electron chi connectivity index (χ1n) is 4.65. The first-order valence-corrected chi connectivity index (χ1v) is 4.65. The molecular formula is C10H13N5. The van der Waals surface area contributed by atoms with Crippen LogP contribution in [0.25, 0.3) is 11.0 Å². The largest absolute Gasteiger partial charge is 0.370 e. The molecule has 0 amide bonds. The Labute approximate surface area is 87.2 Å². The predicted molar refractivity (Wildman–Crippen MR) is 61.1 cm³/mol. The van der Waals surface area contributed by atoms with Crippen LogP contribution in [0, 0.1) is 19.3 Å². The Morgan fingerprint density at radius 1 is 1.47 bits per heavy atom. The Bertz CT molecular complexity index is 526. The van der Waals surface area contributed by atoms with Gasteiger partial charge in [-0.3, -0.25) is 5.41 Å². The Morgan fingerprint density at radius 3 is 2.87 bits per heavy atom. The maximum atomic E-state index is 7.18. The van der Waals surface area contributed by atoms with E-state index in [0.29, 0.717) is 0 Å². The van der Waals surface area contributed by atoms with Crippen molar-refractivity contribution in [3.8, 4) is 0 Å². The normalized spacial score (nSPS) is 10.5. The fraction of sp³-hybridized carbons (Fsp3) is 0.200. The minimum Gasteiger partial charge on any atom is -0.370 e. The van der Waals surface area contributed by atoms with Gasteiger partial charge in [-0.05, 0) is 31.5 Å². The van der Waals surface area contributed by atoms with Gasteiger partial charge in [0.1, 0.15) is 5.82 Å². The highest BCUT2D eigenvalue weighted by molar-refractivity contribution is 5.94. The second-order valence-electron chi connectivity index (χ2n) is 3.49. The molecule has 0 radical (unpaired) electrons. The highest BCUT2D eigenvalue weighted by Gasteiger charge is 2.06. The number of imidazole rings is 1. The summed E-state index contributed by atoms with van der Waals surface area (Å²) in [5.74, 6) is 0.821. The molecule has 0 bridgehead atoms. The summed E-state index contributed by atoms with van der Waals surface area (Å²) in [6, 6.07) is 3.77. The van der Waals surface area contributed by atoms with Crippen molar-refractivity contribution in [2.45, 2.75) is 13.8 Å². The molecule has 2 rings (SSSR count). The second kappa shape index (κ2) is 3.27. The van der Waals surface area contributed by atoms with Gasteiger partial charge in [-0.2, -0.15) is 0 Å². The van der Waals surface area contributed by atoms with E-state index in [9.17, 15) is 0 Å². The molecule has 0 aliphatic rings. The fourth-order valence-corrected chi connectivity index (χ4v) is 1.62. The number of nitrogens with one attached hydrogen (secondary N) is 3. The zero-order valence-electron chi connectivity index (χ0n) is 8.68. The molecule has 5 nitrogen and oxygen atoms in total. The monoisotopic (exact) mass is 203 g/mol. The zero-order chi connectivity index (χ0) is 11.0. The molecule has 2 aromatic rings. The summed E-state index contributed by atoms with van der Waals surface area (Å²) in [5.41, 5.74) is 9.05. The molecule has 0 aliphatic heterocycles. The van der Waals surface area contributed by atoms with Crippen LogP contribution in [0.1, 0.15) is 11.4 Å². The number of fused-ring (bicyclic) bond motifs is 1. The van der Waals surface area contributed by atoms with Crippen molar-refractivity contribution in [2.24, 2.45) is 5.73 Å². The maximum Gasteiger partial charge on any atom is 0.190 e. The smallest absolute Gasteiger partial charge is 0.190 e. The van der Waals surface area contributed by atoms with E-state index < -0.39 is 0 Å². The quantitative estimate of drug-likeness (QED) is 0.418. The predicted octanol–water partition coefficient (Wildman–Crippen LogP) is 1.49. The van der Waals surface area contributed by atoms with Crippen LogP contribution in [0.3, 0.4) is 0 Å². The molecule has 15 heavy (non-hydrogen) atoms. The Balaban J connectivity index is 2.58. The van der Waals surface area contributed by atoms with E-state index in [1.807, 2.05) is 26.0 Å². The number of hydrogen-bond acceptors (Lipinski definition) is 2. The first kappa shape index (κ1) is 9.51. The number of benzene rings is 1. The minimum atomic E-state index is -0.0614. The van der Waals surface area contributed by atoms with Gasteiger partial charge in [0, 0.05) is 5.69 Å². The zero-order valence-corrected chi connectivity index (χ0v) is 8.68. The van der Waals surface area contributed by atoms with Crippen molar-refractivity contribution in [1.82, 2.24) is 9.97 Å². The van der Waals surface area contributed by atoms with Crippen molar-refractivity contribution < 1.29 is 0 Å². The Hall–Kier alpha value is -2.04. The average Bonchev–Trinajstić information content (AvgIpc) is 2.51. The van der Waals surface area contributed by atoms with Crippen molar-refractivity contribution in [2.75, 3.05) is 5.32 Å². The highest BCUT2D eigenvalue weighted by atomic mass is 15.0. The second-order valence-corrected chi connectivity index (χ2v) is 3.49. The molecule has 1 aromatic heterocycles. The van der Waals surface area contributed by atoms with Crippen molar-refractivity contribution in [3.05, 3.63) is 23.5 Å². The molecular weight excluding hydrogens is 190 g/mol. The first-order chi connectivity index (χ1) is 7.08. The van der Waals surface area contributed by atoms with E-state index in [4.69, 9.17) is 11.1 Å². The average molecular weight is 203 g/mol. The summed E-state index contributed by atoms with van der Waals surface area (Å²) in [6.45, 7) is 3.88. The molecule has 0 spiro atoms. The van der Waals surface area contributed by atoms with Crippen LogP contribution in [0.4, 0.5) is 5.69 Å². The number of nitrogens with two attached hydrogens (primary N) is 1. The van der Waals surface area contributed by atoms with E-state index in [1.165, 1.54) is 0 Å². The third-order valence-corrected chi connectivity index (χ3v) is 2.31. The maximum absolute atomic E-state index is 7.18. The number of H-pyrrole nitrogens is 1. The van der Waals surface area contributed by atoms with Crippen LogP contribution in [0.15, 0.2) is 12.1 Å². The van der Waals surface area contributed by atoms with Gasteiger partial charge in [0.15, 0.2) is 5.96 Å². The van der Waals surface area contributed by atoms with E-state index in [1.54, 1.807) is 0 Å². The lowest BCUT2D eigenvalue weighted by Gasteiger charge is -2.07. The molecule has 0 saturated heterocycles. The van der Waals surface area contributed by atoms with Crippen LogP contribution in [0.2, 0.25) is 0 Å². The van der Waals surface area contributed by atoms with Gasteiger partial charge in [-0.1, -0.05) is 0 Å². The number of hydrogen-bond donors (Lipinski definition) is 4. The van der Waals surface area contributed by atoms with E-state index in [-0.39, 0.29) is 5.96 Å². The lowest BCUT2D eigenvalue weighted by Crippen LogP contribution is -2.20. The lowest BCUT2D eigenvalue weighted by molar-refractivity contribution is 1.17. The number of aromatic nitrogens is 2. The molecule has 0 fully saturated rings. The van der Waals surface area contributed by atoms with Crippen molar-refractivity contribution >= 4 is 22.7 Å². The van der Waals surface area contributed by atoms with Crippen LogP contribution < -0.4 is 11.1 Å². The van der Waals surface area contributed by atoms with Crippen LogP contribution in [-0.4, -0.2) is 15.9 Å². The molecule has 0 saturated carbocycles. The molecule has 78 valence electrons. The van der Waals surface area contributed by atoms with Crippen molar-refractivity contribution in [3.63, 3.8) is 0 Å². The fourth-order valence-electron chi connectivity index (χ4n) is 1.62. The molecule has 1 heterocycles. The standard InChI is InChI=1S/C10H13N5/c1-5-7(15-10(11)12)3-4-8-9(5)14-6(2)13-8/h3-4H,1-2H3,(H,13,14)(H4,11,12,15). The van der Waals surface area contributed by atoms with Gasteiger partial charge in [0.2, 0.25) is 0 Å². The summed E-state index contributed by atoms with van der Waals surface area (Å²) >= 11 is 0. The molecule has 5 N–H and O–H groups in total. The molecule has 0 atom stereocenters. The number of anilines is 1. The van der Waals surface area contributed by atoms with Gasteiger partial charge in [-0.25, -0.2) is 4.98 Å². The van der Waals surface area contributed by atoms with Gasteiger partial charge >= 0.3 is 0 Å². The van der Waals surface area contributed by atoms with Gasteiger partial charge < -0.3 is 16.0 Å². The Kier molecular flexibility index (Phi) is 2.07. The van der Waals surface area contributed by atoms with Crippen LogP contribution in [0.5, 0.6) is 0 Å². The summed E-state index contributed by atoms with van der Waals surface area (Å²) in [5, 5.41) is 9.97. The molecule has 0 aliphatic carbocycles. The summed E-state index contributed by atoms with van der Waals surface area (Å²) in [4.78, 5) is 7.50. The summed E-state index contributed by atoms with van der Waals surface area (Å²) < 4.78 is 0. The minimum absolute atomic E-state index is 0.0614. The van der Waals surface area contributed by atoms with Gasteiger partial charge in [0.25, 0.3) is 0 Å². The van der Waals surface area contributed by atoms with Crippen LogP contribution in [-0.2, 0) is 0 Å².